The summed E-state index contributed by atoms with van der Waals surface area (Å²) in [4.78, 5) is 73.7. The highest BCUT2D eigenvalue weighted by Crippen LogP contribution is 2.19. The SMILES string of the molecule is NC(=O)CC(NC(=O)C(Cc1c[nH]c2ccccc12)NC(=O)C(N)Cc1cnc[nH]1)C(=O)NC(Cc1ccc(O)cc1)C(=O)O. The Morgan fingerprint density at radius 1 is 0.822 bits per heavy atom. The van der Waals surface area contributed by atoms with Crippen LogP contribution in [0.2, 0.25) is 0 Å². The molecule has 2 aromatic carbocycles. The van der Waals surface area contributed by atoms with Crippen molar-refractivity contribution in [2.75, 3.05) is 0 Å². The number of imidazole rings is 1. The van der Waals surface area contributed by atoms with Crippen LogP contribution >= 0.6 is 0 Å². The molecule has 45 heavy (non-hydrogen) atoms. The molecule has 4 amide bonds. The number of H-pyrrole nitrogens is 2. The van der Waals surface area contributed by atoms with Crippen molar-refractivity contribution in [1.29, 1.82) is 0 Å². The van der Waals surface area contributed by atoms with E-state index in [1.165, 1.54) is 36.8 Å². The van der Waals surface area contributed by atoms with Gasteiger partial charge in [0.05, 0.1) is 18.8 Å². The van der Waals surface area contributed by atoms with Crippen LogP contribution in [0.25, 0.3) is 10.9 Å². The number of nitrogens with zero attached hydrogens (tertiary/aromatic N) is 1. The second kappa shape index (κ2) is 14.7. The number of phenolic OH excluding ortho intramolecular Hbond substituents is 1. The number of nitrogens with one attached hydrogen (secondary N) is 5. The zero-order valence-corrected chi connectivity index (χ0v) is 24.0. The van der Waals surface area contributed by atoms with Crippen LogP contribution in [0.1, 0.15) is 23.2 Å². The van der Waals surface area contributed by atoms with Gasteiger partial charge >= 0.3 is 5.97 Å². The molecule has 0 aliphatic heterocycles. The minimum Gasteiger partial charge on any atom is -0.508 e. The number of aromatic nitrogens is 3. The minimum absolute atomic E-state index is 0.0120. The number of carbonyl (C=O) groups excluding carboxylic acids is 4. The number of hydrogen-bond donors (Lipinski definition) is 9. The third kappa shape index (κ3) is 8.90. The van der Waals surface area contributed by atoms with E-state index in [9.17, 15) is 34.2 Å². The molecule has 4 unspecified atom stereocenters. The second-order valence-electron chi connectivity index (χ2n) is 10.5. The first-order chi connectivity index (χ1) is 21.5. The Balaban J connectivity index is 1.53. The van der Waals surface area contributed by atoms with Crippen LogP contribution in [-0.2, 0) is 43.2 Å². The maximum atomic E-state index is 13.7. The largest absolute Gasteiger partial charge is 0.508 e. The molecule has 0 saturated heterocycles. The normalized spacial score (nSPS) is 13.7. The summed E-state index contributed by atoms with van der Waals surface area (Å²) in [6.07, 6.45) is 3.96. The van der Waals surface area contributed by atoms with Gasteiger partial charge in [0.2, 0.25) is 23.6 Å². The van der Waals surface area contributed by atoms with Crippen molar-refractivity contribution in [1.82, 2.24) is 30.9 Å². The molecule has 2 heterocycles. The number of aromatic amines is 2. The molecule has 0 aliphatic rings. The van der Waals surface area contributed by atoms with Gasteiger partial charge in [0, 0.05) is 48.3 Å². The fraction of sp³-hybridized carbons (Fsp3) is 0.267. The maximum absolute atomic E-state index is 13.7. The molecule has 2 aromatic heterocycles. The van der Waals surface area contributed by atoms with Crippen molar-refractivity contribution in [2.45, 2.75) is 49.9 Å². The van der Waals surface area contributed by atoms with Gasteiger partial charge in [-0.1, -0.05) is 30.3 Å². The highest BCUT2D eigenvalue weighted by atomic mass is 16.4. The van der Waals surface area contributed by atoms with Crippen molar-refractivity contribution >= 4 is 40.5 Å². The van der Waals surface area contributed by atoms with E-state index in [1.807, 2.05) is 24.3 Å². The summed E-state index contributed by atoms with van der Waals surface area (Å²) >= 11 is 0. The van der Waals surface area contributed by atoms with Gasteiger partial charge in [0.25, 0.3) is 0 Å². The van der Waals surface area contributed by atoms with Crippen molar-refractivity contribution in [2.24, 2.45) is 11.5 Å². The van der Waals surface area contributed by atoms with E-state index in [2.05, 4.69) is 30.9 Å². The average Bonchev–Trinajstić information content (AvgIpc) is 3.66. The summed E-state index contributed by atoms with van der Waals surface area (Å²) in [5.41, 5.74) is 14.1. The number of aliphatic carboxylic acids is 1. The summed E-state index contributed by atoms with van der Waals surface area (Å²) in [7, 11) is 0. The molecule has 0 fully saturated rings. The quantitative estimate of drug-likeness (QED) is 0.0820. The van der Waals surface area contributed by atoms with E-state index < -0.39 is 60.2 Å². The Hall–Kier alpha value is -5.70. The molecule has 4 rings (SSSR count). The Bertz CT molecular complexity index is 1650. The molecule has 0 radical (unpaired) electrons. The fourth-order valence-corrected chi connectivity index (χ4v) is 4.76. The molecule has 11 N–H and O–H groups in total. The van der Waals surface area contributed by atoms with E-state index in [0.717, 1.165) is 10.9 Å². The number of hydrogen-bond acceptors (Lipinski definition) is 8. The predicted molar refractivity (Wildman–Crippen MR) is 161 cm³/mol. The summed E-state index contributed by atoms with van der Waals surface area (Å²) in [5, 5.41) is 27.5. The summed E-state index contributed by atoms with van der Waals surface area (Å²) in [6, 6.07) is 7.77. The Morgan fingerprint density at radius 3 is 2.16 bits per heavy atom. The Kier molecular flexibility index (Phi) is 10.5. The number of carboxylic acid groups (broad SMARTS) is 1. The number of aromatic hydroxyl groups is 1. The van der Waals surface area contributed by atoms with Crippen LogP contribution in [0, 0.1) is 0 Å². The number of nitrogens with two attached hydrogens (primary N) is 2. The molecular formula is C30H34N8O7. The summed E-state index contributed by atoms with van der Waals surface area (Å²) in [6.45, 7) is 0. The number of carboxylic acids is 1. The van der Waals surface area contributed by atoms with Gasteiger partial charge in [0.15, 0.2) is 0 Å². The zero-order chi connectivity index (χ0) is 32.5. The van der Waals surface area contributed by atoms with Gasteiger partial charge in [0.1, 0.15) is 23.9 Å². The first kappa shape index (κ1) is 32.2. The first-order valence-electron chi connectivity index (χ1n) is 14.0. The van der Waals surface area contributed by atoms with Gasteiger partial charge in [-0.15, -0.1) is 0 Å². The standard InChI is InChI=1S/C30H34N8O7/c31-21(11-18-14-33-15-35-18)27(41)36-23(10-17-13-34-22-4-2-1-3-20(17)22)28(42)37-24(12-26(32)40)29(43)38-25(30(44)45)9-16-5-7-19(39)8-6-16/h1-8,13-15,21,23-25,34,39H,9-12,31H2,(H2,32,40)(H,33,35)(H,36,41)(H,37,42)(H,38,43)(H,44,45). The lowest BCUT2D eigenvalue weighted by atomic mass is 10.0. The van der Waals surface area contributed by atoms with Crippen LogP contribution in [0.4, 0.5) is 0 Å². The third-order valence-corrected chi connectivity index (χ3v) is 7.09. The van der Waals surface area contributed by atoms with Crippen LogP contribution in [0.5, 0.6) is 5.75 Å². The molecule has 4 atom stereocenters. The molecule has 0 spiro atoms. The van der Waals surface area contributed by atoms with Crippen molar-refractivity contribution in [3.8, 4) is 5.75 Å². The lowest BCUT2D eigenvalue weighted by Crippen LogP contribution is -2.58. The van der Waals surface area contributed by atoms with Gasteiger partial charge in [-0.2, -0.15) is 0 Å². The van der Waals surface area contributed by atoms with Gasteiger partial charge in [-0.25, -0.2) is 9.78 Å². The lowest BCUT2D eigenvalue weighted by molar-refractivity contribution is -0.142. The Labute approximate surface area is 256 Å². The van der Waals surface area contributed by atoms with Crippen LogP contribution in [-0.4, -0.2) is 78.9 Å². The molecular weight excluding hydrogens is 584 g/mol. The molecule has 0 bridgehead atoms. The number of benzene rings is 2. The monoisotopic (exact) mass is 618 g/mol. The maximum Gasteiger partial charge on any atom is 0.326 e. The fourth-order valence-electron chi connectivity index (χ4n) is 4.76. The smallest absolute Gasteiger partial charge is 0.326 e. The topological polar surface area (TPSA) is 258 Å². The molecule has 15 nitrogen and oxygen atoms in total. The number of amides is 4. The Morgan fingerprint density at radius 2 is 1.49 bits per heavy atom. The van der Waals surface area contributed by atoms with Gasteiger partial charge in [-0.05, 0) is 29.3 Å². The summed E-state index contributed by atoms with van der Waals surface area (Å²) < 4.78 is 0. The zero-order valence-electron chi connectivity index (χ0n) is 24.0. The number of rotatable bonds is 15. The predicted octanol–water partition coefficient (Wildman–Crippen LogP) is -0.634. The molecule has 15 heteroatoms. The van der Waals surface area contributed by atoms with Crippen LogP contribution < -0.4 is 27.4 Å². The van der Waals surface area contributed by atoms with E-state index >= 15 is 0 Å². The number of fused-ring (bicyclic) bond motifs is 1. The van der Waals surface area contributed by atoms with E-state index in [4.69, 9.17) is 11.5 Å². The first-order valence-corrected chi connectivity index (χ1v) is 14.0. The van der Waals surface area contributed by atoms with E-state index in [0.29, 0.717) is 16.8 Å². The second-order valence-corrected chi connectivity index (χ2v) is 10.5. The van der Waals surface area contributed by atoms with Crippen molar-refractivity contribution in [3.05, 3.63) is 84.1 Å². The number of carbonyl (C=O) groups is 5. The summed E-state index contributed by atoms with van der Waals surface area (Å²) in [5.74, 6) is -4.76. The molecule has 0 aliphatic carbocycles. The lowest BCUT2D eigenvalue weighted by Gasteiger charge is -2.25. The highest BCUT2D eigenvalue weighted by Gasteiger charge is 2.32. The van der Waals surface area contributed by atoms with Crippen LogP contribution in [0.15, 0.2) is 67.3 Å². The van der Waals surface area contributed by atoms with Crippen molar-refractivity contribution in [3.63, 3.8) is 0 Å². The molecule has 0 saturated carbocycles. The van der Waals surface area contributed by atoms with E-state index in [-0.39, 0.29) is 25.0 Å². The number of primary amides is 1. The molecule has 4 aromatic rings. The van der Waals surface area contributed by atoms with Crippen LogP contribution in [0.3, 0.4) is 0 Å². The third-order valence-electron chi connectivity index (χ3n) is 7.09. The van der Waals surface area contributed by atoms with Gasteiger partial charge in [-0.3, -0.25) is 19.2 Å². The molecule has 236 valence electrons. The minimum atomic E-state index is -1.56. The van der Waals surface area contributed by atoms with Gasteiger partial charge < -0.3 is 47.6 Å². The number of phenols is 1. The number of para-hydroxylation sites is 1. The van der Waals surface area contributed by atoms with Crippen molar-refractivity contribution < 1.29 is 34.2 Å². The average molecular weight is 619 g/mol. The van der Waals surface area contributed by atoms with E-state index in [1.54, 1.807) is 6.20 Å². The highest BCUT2D eigenvalue weighted by molar-refractivity contribution is 5.96.